The molecular weight excluding hydrogens is 220 g/mol. The summed E-state index contributed by atoms with van der Waals surface area (Å²) in [5, 5.41) is 2.91. The maximum absolute atomic E-state index is 11.0. The van der Waals surface area contributed by atoms with E-state index in [0.29, 0.717) is 5.82 Å². The number of nitrogens with two attached hydrogens (primary N) is 1. The first-order valence-corrected chi connectivity index (χ1v) is 5.49. The molecule has 1 unspecified atom stereocenters. The third-order valence-corrected chi connectivity index (χ3v) is 2.72. The van der Waals surface area contributed by atoms with Crippen molar-refractivity contribution in [3.05, 3.63) is 12.4 Å². The fourth-order valence-electron chi connectivity index (χ4n) is 1.97. The molecule has 0 saturated carbocycles. The van der Waals surface area contributed by atoms with Gasteiger partial charge in [0, 0.05) is 32.1 Å². The first-order chi connectivity index (χ1) is 8.19. The van der Waals surface area contributed by atoms with Crippen LogP contribution in [0.15, 0.2) is 12.4 Å². The van der Waals surface area contributed by atoms with Gasteiger partial charge in [-0.2, -0.15) is 0 Å². The number of anilines is 2. The van der Waals surface area contributed by atoms with Crippen LogP contribution in [-0.4, -0.2) is 35.0 Å². The summed E-state index contributed by atoms with van der Waals surface area (Å²) in [6.07, 6.45) is 2.39. The monoisotopic (exact) mass is 236 g/mol. The summed E-state index contributed by atoms with van der Waals surface area (Å²) in [4.78, 5) is 21.2. The van der Waals surface area contributed by atoms with E-state index < -0.39 is 0 Å². The van der Waals surface area contributed by atoms with Crippen LogP contribution >= 0.6 is 0 Å². The van der Waals surface area contributed by atoms with Gasteiger partial charge in [0.05, 0.1) is 0 Å². The van der Waals surface area contributed by atoms with Crippen LogP contribution in [0.4, 0.5) is 11.6 Å². The highest BCUT2D eigenvalue weighted by molar-refractivity contribution is 5.73. The number of aromatic nitrogens is 2. The summed E-state index contributed by atoms with van der Waals surface area (Å²) < 4.78 is 0. The zero-order chi connectivity index (χ0) is 12.3. The summed E-state index contributed by atoms with van der Waals surface area (Å²) in [6, 6.07) is 1.98. The lowest BCUT2D eigenvalue weighted by atomic mass is 10.3. The van der Waals surface area contributed by atoms with Gasteiger partial charge in [0.1, 0.15) is 18.0 Å². The molecule has 0 bridgehead atoms. The normalized spacial score (nSPS) is 19.2. The average Bonchev–Trinajstić information content (AvgIpc) is 2.77. The number of carbonyl (C=O) groups excluding carboxylic acids is 1. The molecule has 0 aromatic carbocycles. The summed E-state index contributed by atoms with van der Waals surface area (Å²) in [5.74, 6) is 6.70. The minimum atomic E-state index is 0.00357. The van der Waals surface area contributed by atoms with E-state index >= 15 is 0 Å². The van der Waals surface area contributed by atoms with E-state index in [-0.39, 0.29) is 11.9 Å². The molecule has 1 fully saturated rings. The molecule has 1 aromatic heterocycles. The van der Waals surface area contributed by atoms with Crippen LogP contribution in [0.2, 0.25) is 0 Å². The number of carbonyl (C=O) groups is 1. The van der Waals surface area contributed by atoms with Gasteiger partial charge < -0.3 is 15.6 Å². The predicted molar refractivity (Wildman–Crippen MR) is 64.3 cm³/mol. The Hall–Kier alpha value is -1.89. The Morgan fingerprint density at radius 3 is 3.12 bits per heavy atom. The van der Waals surface area contributed by atoms with Crippen LogP contribution in [-0.2, 0) is 4.79 Å². The van der Waals surface area contributed by atoms with Gasteiger partial charge >= 0.3 is 0 Å². The fraction of sp³-hybridized carbons (Fsp3) is 0.500. The third kappa shape index (κ3) is 2.82. The number of rotatable bonds is 3. The summed E-state index contributed by atoms with van der Waals surface area (Å²) in [6.45, 7) is 3.16. The lowest BCUT2D eigenvalue weighted by molar-refractivity contribution is -0.119. The number of nitrogen functional groups attached to an aromatic ring is 1. The smallest absolute Gasteiger partial charge is 0.217 e. The van der Waals surface area contributed by atoms with Crippen LogP contribution in [0.25, 0.3) is 0 Å². The average molecular weight is 236 g/mol. The van der Waals surface area contributed by atoms with Crippen LogP contribution in [0, 0.1) is 0 Å². The Balaban J connectivity index is 2.01. The van der Waals surface area contributed by atoms with E-state index in [1.807, 2.05) is 0 Å². The van der Waals surface area contributed by atoms with Crippen molar-refractivity contribution in [2.24, 2.45) is 5.84 Å². The molecule has 1 amide bonds. The molecule has 4 N–H and O–H groups in total. The van der Waals surface area contributed by atoms with Gasteiger partial charge in [0.2, 0.25) is 5.91 Å². The second-order valence-corrected chi connectivity index (χ2v) is 4.04. The molecule has 0 spiro atoms. The van der Waals surface area contributed by atoms with Crippen molar-refractivity contribution in [1.29, 1.82) is 0 Å². The summed E-state index contributed by atoms with van der Waals surface area (Å²) in [5.41, 5.74) is 2.49. The second kappa shape index (κ2) is 4.96. The van der Waals surface area contributed by atoms with E-state index in [9.17, 15) is 4.79 Å². The molecule has 7 heteroatoms. The molecule has 2 rings (SSSR count). The van der Waals surface area contributed by atoms with E-state index in [2.05, 4.69) is 25.6 Å². The highest BCUT2D eigenvalue weighted by Gasteiger charge is 2.24. The standard InChI is InChI=1S/C10H16N6O/c1-7(17)14-8-2-3-16(5-8)10-4-9(15-11)12-6-13-10/h4,6,8H,2-3,5,11H2,1H3,(H,14,17)(H,12,13,15). The first kappa shape index (κ1) is 11.6. The van der Waals surface area contributed by atoms with Crippen LogP contribution < -0.4 is 21.5 Å². The number of nitrogens with one attached hydrogen (secondary N) is 2. The lowest BCUT2D eigenvalue weighted by Crippen LogP contribution is -2.35. The predicted octanol–water partition coefficient (Wildman–Crippen LogP) is -0.523. The van der Waals surface area contributed by atoms with Crippen LogP contribution in [0.3, 0.4) is 0 Å². The van der Waals surface area contributed by atoms with Gasteiger partial charge in [-0.1, -0.05) is 0 Å². The Labute approximate surface area is 99.4 Å². The van der Waals surface area contributed by atoms with Gasteiger partial charge in [0.25, 0.3) is 0 Å². The van der Waals surface area contributed by atoms with Crippen LogP contribution in [0.5, 0.6) is 0 Å². The zero-order valence-corrected chi connectivity index (χ0v) is 9.68. The Morgan fingerprint density at radius 1 is 1.59 bits per heavy atom. The van der Waals surface area contributed by atoms with E-state index in [4.69, 9.17) is 5.84 Å². The Kier molecular flexibility index (Phi) is 3.38. The van der Waals surface area contributed by atoms with Gasteiger partial charge in [-0.05, 0) is 6.42 Å². The number of hydrazine groups is 1. The minimum absolute atomic E-state index is 0.00357. The number of hydrogen-bond acceptors (Lipinski definition) is 6. The van der Waals surface area contributed by atoms with Crippen molar-refractivity contribution < 1.29 is 4.79 Å². The highest BCUT2D eigenvalue weighted by atomic mass is 16.1. The third-order valence-electron chi connectivity index (χ3n) is 2.72. The summed E-state index contributed by atoms with van der Waals surface area (Å²) >= 11 is 0. The number of amides is 1. The minimum Gasteiger partial charge on any atom is -0.354 e. The summed E-state index contributed by atoms with van der Waals surface area (Å²) in [7, 11) is 0. The number of nitrogens with zero attached hydrogens (tertiary/aromatic N) is 3. The van der Waals surface area contributed by atoms with E-state index in [1.54, 1.807) is 6.07 Å². The van der Waals surface area contributed by atoms with Gasteiger partial charge in [-0.3, -0.25) is 4.79 Å². The number of hydrogen-bond donors (Lipinski definition) is 3. The molecule has 1 atom stereocenters. The molecule has 0 aliphatic carbocycles. The second-order valence-electron chi connectivity index (χ2n) is 4.04. The molecule has 1 aliphatic rings. The van der Waals surface area contributed by atoms with Gasteiger partial charge in [-0.15, -0.1) is 0 Å². The lowest BCUT2D eigenvalue weighted by Gasteiger charge is -2.17. The highest BCUT2D eigenvalue weighted by Crippen LogP contribution is 2.19. The van der Waals surface area contributed by atoms with Crippen molar-refractivity contribution in [1.82, 2.24) is 15.3 Å². The molecule has 1 aromatic rings. The molecular formula is C10H16N6O. The van der Waals surface area contributed by atoms with Gasteiger partial charge in [0.15, 0.2) is 0 Å². The molecule has 1 saturated heterocycles. The first-order valence-electron chi connectivity index (χ1n) is 5.49. The van der Waals surface area contributed by atoms with Crippen molar-refractivity contribution in [2.45, 2.75) is 19.4 Å². The molecule has 2 heterocycles. The fourth-order valence-corrected chi connectivity index (χ4v) is 1.97. The molecule has 7 nitrogen and oxygen atoms in total. The maximum Gasteiger partial charge on any atom is 0.217 e. The topological polar surface area (TPSA) is 96.2 Å². The van der Waals surface area contributed by atoms with Gasteiger partial charge in [-0.25, -0.2) is 15.8 Å². The SMILES string of the molecule is CC(=O)NC1CCN(c2cc(NN)ncn2)C1. The van der Waals surface area contributed by atoms with Crippen molar-refractivity contribution in [3.63, 3.8) is 0 Å². The Bertz CT molecular complexity index is 410. The maximum atomic E-state index is 11.0. The van der Waals surface area contributed by atoms with Crippen molar-refractivity contribution in [2.75, 3.05) is 23.4 Å². The van der Waals surface area contributed by atoms with E-state index in [1.165, 1.54) is 13.3 Å². The largest absolute Gasteiger partial charge is 0.354 e. The van der Waals surface area contributed by atoms with Crippen LogP contribution in [0.1, 0.15) is 13.3 Å². The zero-order valence-electron chi connectivity index (χ0n) is 9.68. The van der Waals surface area contributed by atoms with Crippen molar-refractivity contribution in [3.8, 4) is 0 Å². The Morgan fingerprint density at radius 2 is 2.41 bits per heavy atom. The van der Waals surface area contributed by atoms with E-state index in [0.717, 1.165) is 25.3 Å². The molecule has 1 aliphatic heterocycles. The quantitative estimate of drug-likeness (QED) is 0.482. The molecule has 17 heavy (non-hydrogen) atoms. The van der Waals surface area contributed by atoms with Crippen molar-refractivity contribution >= 4 is 17.5 Å². The molecule has 92 valence electrons. The molecule has 0 radical (unpaired) electrons.